The summed E-state index contributed by atoms with van der Waals surface area (Å²) in [6.07, 6.45) is 2.98. The molecule has 1 aromatic heterocycles. The van der Waals surface area contributed by atoms with Gasteiger partial charge in [-0.3, -0.25) is 0 Å². The van der Waals surface area contributed by atoms with Gasteiger partial charge in [-0.25, -0.2) is 0 Å². The van der Waals surface area contributed by atoms with Crippen LogP contribution in [0.5, 0.6) is 0 Å². The summed E-state index contributed by atoms with van der Waals surface area (Å²) in [5.41, 5.74) is 2.81. The Hall–Kier alpha value is -0.600. The Kier molecular flexibility index (Phi) is 4.19. The van der Waals surface area contributed by atoms with Crippen LogP contribution in [0.15, 0.2) is 23.4 Å². The number of hydrogen-bond donors (Lipinski definition) is 1. The van der Waals surface area contributed by atoms with Gasteiger partial charge in [0.2, 0.25) is 0 Å². The van der Waals surface area contributed by atoms with Crippen molar-refractivity contribution in [2.45, 2.75) is 26.3 Å². The van der Waals surface area contributed by atoms with Crippen LogP contribution >= 0.6 is 11.3 Å². The molecule has 2 heteroatoms. The molecule has 13 heavy (non-hydrogen) atoms. The van der Waals surface area contributed by atoms with Gasteiger partial charge >= 0.3 is 0 Å². The van der Waals surface area contributed by atoms with Crippen molar-refractivity contribution >= 4 is 11.3 Å². The van der Waals surface area contributed by atoms with E-state index in [9.17, 15) is 0 Å². The summed E-state index contributed by atoms with van der Waals surface area (Å²) in [5.74, 6) is 0. The highest BCUT2D eigenvalue weighted by molar-refractivity contribution is 7.08. The number of hydrogen-bond acceptors (Lipinski definition) is 2. The van der Waals surface area contributed by atoms with Crippen LogP contribution in [0.4, 0.5) is 0 Å². The molecule has 0 saturated carbocycles. The normalized spacial score (nSPS) is 12.8. The first-order valence-corrected chi connectivity index (χ1v) is 5.60. The van der Waals surface area contributed by atoms with Gasteiger partial charge in [-0.05, 0) is 41.8 Å². The summed E-state index contributed by atoms with van der Waals surface area (Å²) < 4.78 is 0. The van der Waals surface area contributed by atoms with Crippen molar-refractivity contribution in [3.05, 3.63) is 34.5 Å². The molecule has 1 aromatic rings. The minimum atomic E-state index is 0.453. The monoisotopic (exact) mass is 195 g/mol. The minimum Gasteiger partial charge on any atom is -0.310 e. The quantitative estimate of drug-likeness (QED) is 0.711. The first kappa shape index (κ1) is 10.5. The van der Waals surface area contributed by atoms with Gasteiger partial charge in [-0.1, -0.05) is 13.0 Å². The third-order valence-corrected chi connectivity index (χ3v) is 3.00. The van der Waals surface area contributed by atoms with E-state index < -0.39 is 0 Å². The van der Waals surface area contributed by atoms with E-state index in [1.54, 1.807) is 11.3 Å². The van der Waals surface area contributed by atoms with E-state index in [2.05, 4.69) is 36.5 Å². The standard InChI is InChI=1S/C11H17NS/c1-4-6-11(12-5-2)10-8-13-7-9(10)3/h4,7-8,11-12H,1,5-6H2,2-3H3. The Morgan fingerprint density at radius 1 is 1.62 bits per heavy atom. The van der Waals surface area contributed by atoms with E-state index >= 15 is 0 Å². The largest absolute Gasteiger partial charge is 0.310 e. The number of nitrogens with one attached hydrogen (secondary N) is 1. The second-order valence-electron chi connectivity index (χ2n) is 3.14. The second kappa shape index (κ2) is 5.20. The maximum Gasteiger partial charge on any atom is 0.0365 e. The van der Waals surface area contributed by atoms with Crippen LogP contribution in [0, 0.1) is 6.92 Å². The maximum atomic E-state index is 3.79. The molecule has 0 bridgehead atoms. The zero-order chi connectivity index (χ0) is 9.68. The van der Waals surface area contributed by atoms with E-state index in [-0.39, 0.29) is 0 Å². The molecule has 1 nitrogen and oxygen atoms in total. The predicted octanol–water partition coefficient (Wildman–Crippen LogP) is 3.28. The topological polar surface area (TPSA) is 12.0 Å². The summed E-state index contributed by atoms with van der Waals surface area (Å²) in [4.78, 5) is 0. The van der Waals surface area contributed by atoms with E-state index in [0.717, 1.165) is 13.0 Å². The van der Waals surface area contributed by atoms with Gasteiger partial charge in [0.25, 0.3) is 0 Å². The van der Waals surface area contributed by atoms with Gasteiger partial charge in [0, 0.05) is 6.04 Å². The summed E-state index contributed by atoms with van der Waals surface area (Å²) in [5, 5.41) is 7.89. The molecule has 1 heterocycles. The fourth-order valence-corrected chi connectivity index (χ4v) is 2.37. The third kappa shape index (κ3) is 2.68. The highest BCUT2D eigenvalue weighted by Gasteiger charge is 2.10. The van der Waals surface area contributed by atoms with Gasteiger partial charge in [0.15, 0.2) is 0 Å². The van der Waals surface area contributed by atoms with Crippen LogP contribution in [0.3, 0.4) is 0 Å². The molecule has 0 aliphatic heterocycles. The lowest BCUT2D eigenvalue weighted by Crippen LogP contribution is -2.20. The van der Waals surface area contributed by atoms with Crippen LogP contribution in [0.2, 0.25) is 0 Å². The minimum absolute atomic E-state index is 0.453. The molecular formula is C11H17NS. The second-order valence-corrected chi connectivity index (χ2v) is 3.89. The Bertz CT molecular complexity index is 265. The summed E-state index contributed by atoms with van der Waals surface area (Å²) in [7, 11) is 0. The van der Waals surface area contributed by atoms with Gasteiger partial charge in [0.1, 0.15) is 0 Å². The average molecular weight is 195 g/mol. The molecule has 0 radical (unpaired) electrons. The zero-order valence-corrected chi connectivity index (χ0v) is 9.16. The predicted molar refractivity (Wildman–Crippen MR) is 60.3 cm³/mol. The average Bonchev–Trinajstić information content (AvgIpc) is 2.51. The molecule has 1 unspecified atom stereocenters. The molecule has 0 aliphatic rings. The molecule has 0 amide bonds. The lowest BCUT2D eigenvalue weighted by atomic mass is 10.0. The Balaban J connectivity index is 2.74. The summed E-state index contributed by atoms with van der Waals surface area (Å²) >= 11 is 1.77. The smallest absolute Gasteiger partial charge is 0.0365 e. The molecule has 0 aliphatic carbocycles. The zero-order valence-electron chi connectivity index (χ0n) is 8.34. The van der Waals surface area contributed by atoms with Crippen LogP contribution in [0.25, 0.3) is 0 Å². The number of aryl methyl sites for hydroxylation is 1. The van der Waals surface area contributed by atoms with Crippen molar-refractivity contribution in [1.82, 2.24) is 5.32 Å². The van der Waals surface area contributed by atoms with E-state index in [1.807, 2.05) is 6.08 Å². The molecule has 72 valence electrons. The summed E-state index contributed by atoms with van der Waals surface area (Å²) in [6, 6.07) is 0.453. The van der Waals surface area contributed by atoms with Crippen LogP contribution in [-0.4, -0.2) is 6.54 Å². The van der Waals surface area contributed by atoms with Gasteiger partial charge in [-0.15, -0.1) is 6.58 Å². The Morgan fingerprint density at radius 3 is 2.85 bits per heavy atom. The lowest BCUT2D eigenvalue weighted by molar-refractivity contribution is 0.558. The lowest BCUT2D eigenvalue weighted by Gasteiger charge is -2.15. The van der Waals surface area contributed by atoms with E-state index in [1.165, 1.54) is 11.1 Å². The highest BCUT2D eigenvalue weighted by Crippen LogP contribution is 2.24. The van der Waals surface area contributed by atoms with Crippen LogP contribution in [-0.2, 0) is 0 Å². The van der Waals surface area contributed by atoms with Crippen molar-refractivity contribution < 1.29 is 0 Å². The Labute approximate surface area is 84.5 Å². The highest BCUT2D eigenvalue weighted by atomic mass is 32.1. The molecule has 0 saturated heterocycles. The van der Waals surface area contributed by atoms with Crippen LogP contribution < -0.4 is 5.32 Å². The first-order chi connectivity index (χ1) is 6.29. The number of thiophene rings is 1. The molecule has 1 atom stereocenters. The van der Waals surface area contributed by atoms with Crippen molar-refractivity contribution in [3.63, 3.8) is 0 Å². The maximum absolute atomic E-state index is 3.79. The Morgan fingerprint density at radius 2 is 2.38 bits per heavy atom. The first-order valence-electron chi connectivity index (χ1n) is 4.66. The van der Waals surface area contributed by atoms with Crippen molar-refractivity contribution in [1.29, 1.82) is 0 Å². The molecule has 0 spiro atoms. The summed E-state index contributed by atoms with van der Waals surface area (Å²) in [6.45, 7) is 9.10. The third-order valence-electron chi connectivity index (χ3n) is 2.12. The number of rotatable bonds is 5. The van der Waals surface area contributed by atoms with E-state index in [0.29, 0.717) is 6.04 Å². The van der Waals surface area contributed by atoms with Gasteiger partial charge in [0.05, 0.1) is 0 Å². The molecule has 0 aromatic carbocycles. The molecule has 0 fully saturated rings. The van der Waals surface area contributed by atoms with Crippen LogP contribution in [0.1, 0.15) is 30.5 Å². The van der Waals surface area contributed by atoms with Gasteiger partial charge in [-0.2, -0.15) is 11.3 Å². The van der Waals surface area contributed by atoms with Gasteiger partial charge < -0.3 is 5.32 Å². The van der Waals surface area contributed by atoms with Crippen molar-refractivity contribution in [2.75, 3.05) is 6.54 Å². The van der Waals surface area contributed by atoms with E-state index in [4.69, 9.17) is 0 Å². The molecular weight excluding hydrogens is 178 g/mol. The fraction of sp³-hybridized carbons (Fsp3) is 0.455. The fourth-order valence-electron chi connectivity index (χ4n) is 1.46. The SMILES string of the molecule is C=CCC(NCC)c1cscc1C. The molecule has 1 N–H and O–H groups in total. The van der Waals surface area contributed by atoms with Crippen molar-refractivity contribution in [3.8, 4) is 0 Å². The molecule has 1 rings (SSSR count). The van der Waals surface area contributed by atoms with Crippen molar-refractivity contribution in [2.24, 2.45) is 0 Å².